The van der Waals surface area contributed by atoms with E-state index in [1.165, 1.54) is 6.21 Å². The van der Waals surface area contributed by atoms with Crippen molar-refractivity contribution in [2.24, 2.45) is 5.10 Å². The third kappa shape index (κ3) is 5.20. The second kappa shape index (κ2) is 7.86. The molecule has 19 heavy (non-hydrogen) atoms. The Hall–Kier alpha value is -2.37. The molecule has 0 aliphatic rings. The summed E-state index contributed by atoms with van der Waals surface area (Å²) in [6, 6.07) is 7.24. The molecule has 0 radical (unpaired) electrons. The van der Waals surface area contributed by atoms with E-state index in [1.54, 1.807) is 13.0 Å². The van der Waals surface area contributed by atoms with Crippen LogP contribution in [0.15, 0.2) is 29.4 Å². The van der Waals surface area contributed by atoms with E-state index in [2.05, 4.69) is 15.8 Å². The summed E-state index contributed by atoms with van der Waals surface area (Å²) in [5.74, 6) is -0.775. The highest BCUT2D eigenvalue weighted by atomic mass is 16.5. The molecule has 0 aliphatic carbocycles. The van der Waals surface area contributed by atoms with Crippen LogP contribution in [-0.2, 0) is 9.59 Å². The van der Waals surface area contributed by atoms with Crippen molar-refractivity contribution in [1.82, 2.24) is 10.7 Å². The van der Waals surface area contributed by atoms with Gasteiger partial charge in [0.15, 0.2) is 0 Å². The number of nitrogens with zero attached hydrogens (tertiary/aromatic N) is 1. The number of carbonyl (C=O) groups excluding carboxylic acids is 2. The highest BCUT2D eigenvalue weighted by Crippen LogP contribution is 2.11. The number of likely N-dealkylation sites (N-methyl/N-ethyl adjacent to an activating group) is 1. The Labute approximate surface area is 111 Å². The SMILES string of the molecule is CCNC(=O)C(=O)N/N=C\c1cccc(OCC)c1. The van der Waals surface area contributed by atoms with Crippen LogP contribution in [0.2, 0.25) is 0 Å². The first kappa shape index (κ1) is 14.7. The van der Waals surface area contributed by atoms with Gasteiger partial charge in [-0.25, -0.2) is 5.43 Å². The van der Waals surface area contributed by atoms with E-state index in [9.17, 15) is 9.59 Å². The van der Waals surface area contributed by atoms with Gasteiger partial charge in [0.2, 0.25) is 0 Å². The van der Waals surface area contributed by atoms with Gasteiger partial charge in [0.1, 0.15) is 5.75 Å². The molecule has 0 fully saturated rings. The summed E-state index contributed by atoms with van der Waals surface area (Å²) >= 11 is 0. The predicted molar refractivity (Wildman–Crippen MR) is 72.0 cm³/mol. The highest BCUT2D eigenvalue weighted by molar-refractivity contribution is 6.35. The zero-order valence-electron chi connectivity index (χ0n) is 11.0. The van der Waals surface area contributed by atoms with Gasteiger partial charge in [-0.3, -0.25) is 9.59 Å². The van der Waals surface area contributed by atoms with Gasteiger partial charge in [-0.15, -0.1) is 0 Å². The lowest BCUT2D eigenvalue weighted by molar-refractivity contribution is -0.139. The third-order valence-corrected chi connectivity index (χ3v) is 2.09. The van der Waals surface area contributed by atoms with Crippen LogP contribution in [0, 0.1) is 0 Å². The molecular formula is C13H17N3O3. The standard InChI is InChI=1S/C13H17N3O3/c1-3-14-12(17)13(18)16-15-9-10-6-5-7-11(8-10)19-4-2/h5-9H,3-4H2,1-2H3,(H,14,17)(H,16,18)/b15-9-. The number of amides is 2. The molecule has 0 unspecified atom stereocenters. The van der Waals surface area contributed by atoms with Gasteiger partial charge in [0, 0.05) is 6.54 Å². The monoisotopic (exact) mass is 263 g/mol. The number of hydrogen-bond donors (Lipinski definition) is 2. The van der Waals surface area contributed by atoms with Gasteiger partial charge >= 0.3 is 11.8 Å². The number of hydrazone groups is 1. The second-order valence-corrected chi connectivity index (χ2v) is 3.56. The number of ether oxygens (including phenoxy) is 1. The maximum atomic E-state index is 11.2. The Morgan fingerprint density at radius 2 is 2.11 bits per heavy atom. The van der Waals surface area contributed by atoms with Crippen molar-refractivity contribution in [3.05, 3.63) is 29.8 Å². The summed E-state index contributed by atoms with van der Waals surface area (Å²) in [5, 5.41) is 6.08. The molecule has 0 atom stereocenters. The molecule has 0 bridgehead atoms. The van der Waals surface area contributed by atoms with Crippen LogP contribution in [-0.4, -0.2) is 31.2 Å². The van der Waals surface area contributed by atoms with Crippen LogP contribution in [0.4, 0.5) is 0 Å². The molecule has 1 aromatic carbocycles. The third-order valence-electron chi connectivity index (χ3n) is 2.09. The quantitative estimate of drug-likeness (QED) is 0.465. The van der Waals surface area contributed by atoms with Gasteiger partial charge in [0.25, 0.3) is 0 Å². The molecule has 1 rings (SSSR count). The average Bonchev–Trinajstić information content (AvgIpc) is 2.40. The van der Waals surface area contributed by atoms with Crippen LogP contribution < -0.4 is 15.5 Å². The number of benzene rings is 1. The van der Waals surface area contributed by atoms with Crippen molar-refractivity contribution in [2.45, 2.75) is 13.8 Å². The van der Waals surface area contributed by atoms with Gasteiger partial charge in [-0.1, -0.05) is 12.1 Å². The van der Waals surface area contributed by atoms with E-state index in [1.807, 2.05) is 25.1 Å². The summed E-state index contributed by atoms with van der Waals surface area (Å²) in [6.07, 6.45) is 1.44. The molecule has 0 heterocycles. The molecule has 6 nitrogen and oxygen atoms in total. The summed E-state index contributed by atoms with van der Waals surface area (Å²) in [4.78, 5) is 22.3. The lowest BCUT2D eigenvalue weighted by atomic mass is 10.2. The number of carbonyl (C=O) groups is 2. The maximum absolute atomic E-state index is 11.2. The largest absolute Gasteiger partial charge is 0.494 e. The van der Waals surface area contributed by atoms with E-state index >= 15 is 0 Å². The fraction of sp³-hybridized carbons (Fsp3) is 0.308. The van der Waals surface area contributed by atoms with Crippen LogP contribution in [0.3, 0.4) is 0 Å². The van der Waals surface area contributed by atoms with Crippen molar-refractivity contribution >= 4 is 18.0 Å². The highest BCUT2D eigenvalue weighted by Gasteiger charge is 2.09. The number of hydrogen-bond acceptors (Lipinski definition) is 4. The molecular weight excluding hydrogens is 246 g/mol. The topological polar surface area (TPSA) is 79.8 Å². The smallest absolute Gasteiger partial charge is 0.329 e. The lowest BCUT2D eigenvalue weighted by Gasteiger charge is -2.03. The van der Waals surface area contributed by atoms with Crippen molar-refractivity contribution in [3.63, 3.8) is 0 Å². The Bertz CT molecular complexity index is 472. The molecule has 2 N–H and O–H groups in total. The van der Waals surface area contributed by atoms with E-state index in [-0.39, 0.29) is 0 Å². The first-order chi connectivity index (χ1) is 9.17. The Kier molecular flexibility index (Phi) is 6.08. The van der Waals surface area contributed by atoms with Crippen molar-refractivity contribution in [1.29, 1.82) is 0 Å². The van der Waals surface area contributed by atoms with E-state index in [4.69, 9.17) is 4.74 Å². The molecule has 0 spiro atoms. The predicted octanol–water partition coefficient (Wildman–Crippen LogP) is 0.672. The van der Waals surface area contributed by atoms with Gasteiger partial charge in [-0.2, -0.15) is 5.10 Å². The fourth-order valence-corrected chi connectivity index (χ4v) is 1.31. The minimum atomic E-state index is -0.793. The second-order valence-electron chi connectivity index (χ2n) is 3.56. The minimum absolute atomic E-state index is 0.395. The number of rotatable bonds is 5. The lowest BCUT2D eigenvalue weighted by Crippen LogP contribution is -2.37. The fourth-order valence-electron chi connectivity index (χ4n) is 1.31. The first-order valence-corrected chi connectivity index (χ1v) is 6.01. The Morgan fingerprint density at radius 1 is 1.32 bits per heavy atom. The van der Waals surface area contributed by atoms with Crippen LogP contribution in [0.5, 0.6) is 5.75 Å². The normalized spacial score (nSPS) is 10.2. The van der Waals surface area contributed by atoms with E-state index < -0.39 is 11.8 Å². The number of nitrogens with one attached hydrogen (secondary N) is 2. The van der Waals surface area contributed by atoms with Crippen molar-refractivity contribution in [3.8, 4) is 5.75 Å². The van der Waals surface area contributed by atoms with Crippen LogP contribution >= 0.6 is 0 Å². The zero-order chi connectivity index (χ0) is 14.1. The van der Waals surface area contributed by atoms with Gasteiger partial charge in [0.05, 0.1) is 12.8 Å². The summed E-state index contributed by atoms with van der Waals surface area (Å²) in [7, 11) is 0. The van der Waals surface area contributed by atoms with Gasteiger partial charge in [-0.05, 0) is 31.5 Å². The summed E-state index contributed by atoms with van der Waals surface area (Å²) in [6.45, 7) is 4.60. The minimum Gasteiger partial charge on any atom is -0.494 e. The summed E-state index contributed by atoms with van der Waals surface area (Å²) in [5.41, 5.74) is 2.91. The Balaban J connectivity index is 2.54. The van der Waals surface area contributed by atoms with Crippen LogP contribution in [0.25, 0.3) is 0 Å². The molecule has 0 aliphatic heterocycles. The molecule has 1 aromatic rings. The van der Waals surface area contributed by atoms with Crippen molar-refractivity contribution in [2.75, 3.05) is 13.2 Å². The molecule has 2 amide bonds. The van der Waals surface area contributed by atoms with Crippen molar-refractivity contribution < 1.29 is 14.3 Å². The first-order valence-electron chi connectivity index (χ1n) is 6.01. The Morgan fingerprint density at radius 3 is 2.79 bits per heavy atom. The molecule has 102 valence electrons. The van der Waals surface area contributed by atoms with E-state index in [0.717, 1.165) is 11.3 Å². The zero-order valence-corrected chi connectivity index (χ0v) is 11.0. The van der Waals surface area contributed by atoms with Gasteiger partial charge < -0.3 is 10.1 Å². The molecule has 0 saturated heterocycles. The maximum Gasteiger partial charge on any atom is 0.329 e. The van der Waals surface area contributed by atoms with E-state index in [0.29, 0.717) is 13.2 Å². The molecule has 0 aromatic heterocycles. The average molecular weight is 263 g/mol. The molecule has 0 saturated carbocycles. The summed E-state index contributed by atoms with van der Waals surface area (Å²) < 4.78 is 5.33. The molecule has 6 heteroatoms. The van der Waals surface area contributed by atoms with Crippen LogP contribution in [0.1, 0.15) is 19.4 Å².